The maximum Gasteiger partial charge on any atom is 0.157 e. The van der Waals surface area contributed by atoms with Crippen molar-refractivity contribution < 1.29 is 4.84 Å². The highest BCUT2D eigenvalue weighted by molar-refractivity contribution is 6.01. The number of allylic oxidation sites excluding steroid dienone is 1. The highest BCUT2D eigenvalue weighted by atomic mass is 16.6. The van der Waals surface area contributed by atoms with Crippen LogP contribution in [0, 0.1) is 0 Å². The molecular formula is C22H32N2O. The molecule has 0 saturated heterocycles. The van der Waals surface area contributed by atoms with E-state index < -0.39 is 0 Å². The predicted octanol–water partition coefficient (Wildman–Crippen LogP) is 5.58. The first kappa shape index (κ1) is 18.2. The Balaban J connectivity index is 1.70. The van der Waals surface area contributed by atoms with Crippen molar-refractivity contribution in [3.05, 3.63) is 41.5 Å². The molecule has 2 aliphatic carbocycles. The first-order valence-corrected chi connectivity index (χ1v) is 10.1. The molecule has 0 amide bonds. The van der Waals surface area contributed by atoms with Gasteiger partial charge in [-0.3, -0.25) is 0 Å². The van der Waals surface area contributed by atoms with Crippen LogP contribution in [0.4, 0.5) is 0 Å². The minimum Gasteiger partial charge on any atom is -0.357 e. The van der Waals surface area contributed by atoms with Crippen molar-refractivity contribution >= 4 is 5.71 Å². The molecule has 25 heavy (non-hydrogen) atoms. The van der Waals surface area contributed by atoms with Gasteiger partial charge >= 0.3 is 0 Å². The van der Waals surface area contributed by atoms with Crippen LogP contribution in [-0.2, 0) is 0 Å². The van der Waals surface area contributed by atoms with Crippen LogP contribution in [0.1, 0.15) is 65.2 Å². The molecule has 3 heteroatoms. The molecule has 1 aromatic rings. The summed E-state index contributed by atoms with van der Waals surface area (Å²) in [5.74, 6) is 0.827. The van der Waals surface area contributed by atoms with Gasteiger partial charge in [-0.1, -0.05) is 42.8 Å². The third kappa shape index (κ3) is 4.72. The Bertz CT molecular complexity index is 600. The van der Waals surface area contributed by atoms with E-state index in [2.05, 4.69) is 23.9 Å². The largest absolute Gasteiger partial charge is 0.357 e. The standard InChI is InChI=1S/C22H32N2O/c1-3-15-24(16-4-2)19-13-14-21-18(17-19)9-8-12-22(21)23-25-20-10-6-5-7-11-20/h5-7,10-11,19H,3-4,8-9,12-17H2,1-2H3. The summed E-state index contributed by atoms with van der Waals surface area (Å²) in [7, 11) is 0. The molecule has 0 fully saturated rings. The molecule has 2 aliphatic rings. The third-order valence-electron chi connectivity index (χ3n) is 5.42. The van der Waals surface area contributed by atoms with E-state index in [4.69, 9.17) is 4.84 Å². The lowest BCUT2D eigenvalue weighted by atomic mass is 9.78. The third-order valence-corrected chi connectivity index (χ3v) is 5.42. The lowest BCUT2D eigenvalue weighted by molar-refractivity contribution is 0.179. The SMILES string of the molecule is CCCN(CCC)C1CCC2=C(CCCC2=NOc2ccccc2)C1. The van der Waals surface area contributed by atoms with E-state index in [-0.39, 0.29) is 0 Å². The van der Waals surface area contributed by atoms with Crippen molar-refractivity contribution in [2.75, 3.05) is 13.1 Å². The van der Waals surface area contributed by atoms with E-state index in [0.29, 0.717) is 0 Å². The van der Waals surface area contributed by atoms with Crippen molar-refractivity contribution in [1.82, 2.24) is 4.90 Å². The van der Waals surface area contributed by atoms with E-state index >= 15 is 0 Å². The van der Waals surface area contributed by atoms with Gasteiger partial charge in [-0.25, -0.2) is 0 Å². The van der Waals surface area contributed by atoms with Crippen molar-refractivity contribution in [2.45, 2.75) is 71.3 Å². The average molecular weight is 341 g/mol. The molecule has 0 bridgehead atoms. The Labute approximate surface area is 152 Å². The zero-order valence-corrected chi connectivity index (χ0v) is 15.8. The summed E-state index contributed by atoms with van der Waals surface area (Å²) in [6.07, 6.45) is 9.69. The summed E-state index contributed by atoms with van der Waals surface area (Å²) in [6, 6.07) is 10.6. The summed E-state index contributed by atoms with van der Waals surface area (Å²) < 4.78 is 0. The first-order valence-electron chi connectivity index (χ1n) is 10.1. The molecule has 0 saturated carbocycles. The molecular weight excluding hydrogens is 308 g/mol. The van der Waals surface area contributed by atoms with Crippen LogP contribution in [0.3, 0.4) is 0 Å². The van der Waals surface area contributed by atoms with Gasteiger partial charge in [-0.2, -0.15) is 0 Å². The van der Waals surface area contributed by atoms with Gasteiger partial charge in [-0.15, -0.1) is 0 Å². The molecule has 0 aliphatic heterocycles. The van der Waals surface area contributed by atoms with Gasteiger partial charge in [0.2, 0.25) is 0 Å². The van der Waals surface area contributed by atoms with Crippen LogP contribution in [0.15, 0.2) is 46.6 Å². The summed E-state index contributed by atoms with van der Waals surface area (Å²) >= 11 is 0. The van der Waals surface area contributed by atoms with Crippen molar-refractivity contribution in [1.29, 1.82) is 0 Å². The van der Waals surface area contributed by atoms with Crippen LogP contribution in [-0.4, -0.2) is 29.7 Å². The lowest BCUT2D eigenvalue weighted by Crippen LogP contribution is -2.39. The van der Waals surface area contributed by atoms with Gasteiger partial charge in [0.25, 0.3) is 0 Å². The quantitative estimate of drug-likeness (QED) is 0.606. The summed E-state index contributed by atoms with van der Waals surface area (Å²) in [5.41, 5.74) is 4.35. The second-order valence-electron chi connectivity index (χ2n) is 7.31. The molecule has 1 aromatic carbocycles. The fourth-order valence-corrected chi connectivity index (χ4v) is 4.27. The first-order chi connectivity index (χ1) is 12.3. The van der Waals surface area contributed by atoms with E-state index in [1.54, 1.807) is 5.57 Å². The van der Waals surface area contributed by atoms with E-state index in [1.807, 2.05) is 30.3 Å². The molecule has 3 nitrogen and oxygen atoms in total. The number of oxime groups is 1. The minimum absolute atomic E-state index is 0.730. The fraction of sp³-hybridized carbons (Fsp3) is 0.591. The van der Waals surface area contributed by atoms with E-state index in [0.717, 1.165) is 18.2 Å². The second kappa shape index (κ2) is 9.19. The van der Waals surface area contributed by atoms with Gasteiger partial charge < -0.3 is 9.74 Å². The van der Waals surface area contributed by atoms with Gasteiger partial charge in [0.1, 0.15) is 0 Å². The Morgan fingerprint density at radius 2 is 1.80 bits per heavy atom. The molecule has 0 radical (unpaired) electrons. The number of benzene rings is 1. The second-order valence-corrected chi connectivity index (χ2v) is 7.31. The van der Waals surface area contributed by atoms with Crippen LogP contribution in [0.2, 0.25) is 0 Å². The number of hydrogen-bond donors (Lipinski definition) is 0. The maximum atomic E-state index is 5.69. The van der Waals surface area contributed by atoms with Crippen LogP contribution in [0.5, 0.6) is 5.75 Å². The Hall–Kier alpha value is -1.61. The summed E-state index contributed by atoms with van der Waals surface area (Å²) in [4.78, 5) is 8.41. The topological polar surface area (TPSA) is 24.8 Å². The number of nitrogens with zero attached hydrogens (tertiary/aromatic N) is 2. The van der Waals surface area contributed by atoms with Crippen molar-refractivity contribution in [3.8, 4) is 5.75 Å². The molecule has 0 spiro atoms. The van der Waals surface area contributed by atoms with Crippen LogP contribution >= 0.6 is 0 Å². The van der Waals surface area contributed by atoms with E-state index in [9.17, 15) is 0 Å². The van der Waals surface area contributed by atoms with Crippen LogP contribution in [0.25, 0.3) is 0 Å². The Morgan fingerprint density at radius 1 is 1.04 bits per heavy atom. The summed E-state index contributed by atoms with van der Waals surface area (Å²) in [5, 5.41) is 4.53. The minimum atomic E-state index is 0.730. The number of rotatable bonds is 7. The van der Waals surface area contributed by atoms with Crippen molar-refractivity contribution in [3.63, 3.8) is 0 Å². The maximum absolute atomic E-state index is 5.69. The van der Waals surface area contributed by atoms with E-state index in [1.165, 1.54) is 69.3 Å². The normalized spacial score (nSPS) is 22.4. The number of para-hydroxylation sites is 1. The zero-order valence-electron chi connectivity index (χ0n) is 15.8. The van der Waals surface area contributed by atoms with Gasteiger partial charge in [0.15, 0.2) is 5.75 Å². The van der Waals surface area contributed by atoms with Gasteiger partial charge in [0, 0.05) is 6.04 Å². The molecule has 3 rings (SSSR count). The molecule has 0 aromatic heterocycles. The highest BCUT2D eigenvalue weighted by Crippen LogP contribution is 2.36. The molecule has 1 unspecified atom stereocenters. The highest BCUT2D eigenvalue weighted by Gasteiger charge is 2.29. The molecule has 1 atom stereocenters. The Kier molecular flexibility index (Phi) is 6.69. The molecule has 136 valence electrons. The predicted molar refractivity (Wildman–Crippen MR) is 105 cm³/mol. The Morgan fingerprint density at radius 3 is 2.52 bits per heavy atom. The monoisotopic (exact) mass is 340 g/mol. The van der Waals surface area contributed by atoms with Crippen LogP contribution < -0.4 is 4.84 Å². The summed E-state index contributed by atoms with van der Waals surface area (Å²) in [6.45, 7) is 7.06. The average Bonchev–Trinajstić information content (AvgIpc) is 2.66. The van der Waals surface area contributed by atoms with Gasteiger partial charge in [-0.05, 0) is 82.2 Å². The lowest BCUT2D eigenvalue weighted by Gasteiger charge is -2.37. The molecule has 0 heterocycles. The smallest absolute Gasteiger partial charge is 0.157 e. The fourth-order valence-electron chi connectivity index (χ4n) is 4.27. The van der Waals surface area contributed by atoms with Crippen molar-refractivity contribution in [2.24, 2.45) is 5.16 Å². The zero-order chi connectivity index (χ0) is 17.5. The van der Waals surface area contributed by atoms with Gasteiger partial charge in [0.05, 0.1) is 5.71 Å². The molecule has 0 N–H and O–H groups in total. The number of hydrogen-bond acceptors (Lipinski definition) is 3.